The Morgan fingerprint density at radius 1 is 1.50 bits per heavy atom. The number of amides is 2. The summed E-state index contributed by atoms with van der Waals surface area (Å²) in [5, 5.41) is 8.34. The Balaban J connectivity index is 2.27. The monoisotopic (exact) mass is 239 g/mol. The average molecular weight is 239 g/mol. The second-order valence-electron chi connectivity index (χ2n) is 3.20. The van der Waals surface area contributed by atoms with Gasteiger partial charge >= 0.3 is 0 Å². The summed E-state index contributed by atoms with van der Waals surface area (Å²) >= 11 is 0.789. The van der Waals surface area contributed by atoms with Gasteiger partial charge in [-0.1, -0.05) is 0 Å². The number of furan rings is 1. The molecule has 6 heteroatoms. The minimum absolute atomic E-state index is 0.258. The normalized spacial score (nSPS) is 18.9. The van der Waals surface area contributed by atoms with E-state index >= 15 is 0 Å². The highest BCUT2D eigenvalue weighted by molar-refractivity contribution is 8.18. The molecule has 1 aromatic rings. The van der Waals surface area contributed by atoms with Gasteiger partial charge in [0.25, 0.3) is 11.1 Å². The number of carbonyl (C=O) groups excluding carboxylic acids is 2. The minimum Gasteiger partial charge on any atom is -0.462 e. The maximum atomic E-state index is 11.6. The van der Waals surface area contributed by atoms with Gasteiger partial charge in [0.05, 0.1) is 4.91 Å². The van der Waals surface area contributed by atoms with Crippen LogP contribution >= 0.6 is 11.8 Å². The van der Waals surface area contributed by atoms with Gasteiger partial charge in [-0.2, -0.15) is 0 Å². The van der Waals surface area contributed by atoms with Crippen LogP contribution in [0.5, 0.6) is 0 Å². The SMILES string of the molecule is Cc1ccc(/C=C2\SC(=O)N(CO)C2=O)o1. The third-order valence-corrected chi connectivity index (χ3v) is 2.96. The molecule has 0 saturated carbocycles. The number of aliphatic hydroxyl groups is 1. The topological polar surface area (TPSA) is 70.8 Å². The van der Waals surface area contributed by atoms with Gasteiger partial charge in [0.1, 0.15) is 18.3 Å². The average Bonchev–Trinajstić information content (AvgIpc) is 2.74. The van der Waals surface area contributed by atoms with Gasteiger partial charge in [0.15, 0.2) is 0 Å². The standard InChI is InChI=1S/C10H9NO4S/c1-6-2-3-7(15-6)4-8-9(13)11(5-12)10(14)16-8/h2-4,12H,5H2,1H3/b8-4-. The van der Waals surface area contributed by atoms with Crippen molar-refractivity contribution in [2.45, 2.75) is 6.92 Å². The van der Waals surface area contributed by atoms with Crippen molar-refractivity contribution in [1.82, 2.24) is 4.90 Å². The first-order chi connectivity index (χ1) is 7.61. The van der Waals surface area contributed by atoms with E-state index < -0.39 is 17.9 Å². The van der Waals surface area contributed by atoms with Crippen molar-refractivity contribution < 1.29 is 19.1 Å². The van der Waals surface area contributed by atoms with E-state index in [1.807, 2.05) is 0 Å². The zero-order valence-electron chi connectivity index (χ0n) is 8.47. The van der Waals surface area contributed by atoms with Crippen molar-refractivity contribution in [2.75, 3.05) is 6.73 Å². The zero-order chi connectivity index (χ0) is 11.7. The van der Waals surface area contributed by atoms with Crippen LogP contribution in [-0.4, -0.2) is 27.9 Å². The van der Waals surface area contributed by atoms with Crippen molar-refractivity contribution in [3.63, 3.8) is 0 Å². The predicted octanol–water partition coefficient (Wildman–Crippen LogP) is 1.57. The molecule has 5 nitrogen and oxygen atoms in total. The van der Waals surface area contributed by atoms with Gasteiger partial charge in [-0.05, 0) is 30.8 Å². The molecule has 0 bridgehead atoms. The summed E-state index contributed by atoms with van der Waals surface area (Å²) in [7, 11) is 0. The highest BCUT2D eigenvalue weighted by Crippen LogP contribution is 2.31. The van der Waals surface area contributed by atoms with Crippen molar-refractivity contribution >= 4 is 29.0 Å². The quantitative estimate of drug-likeness (QED) is 0.793. The zero-order valence-corrected chi connectivity index (χ0v) is 9.28. The first kappa shape index (κ1) is 11.0. The fourth-order valence-electron chi connectivity index (χ4n) is 1.28. The van der Waals surface area contributed by atoms with Crippen LogP contribution in [0.15, 0.2) is 21.5 Å². The summed E-state index contributed by atoms with van der Waals surface area (Å²) in [6, 6.07) is 3.48. The van der Waals surface area contributed by atoms with Gasteiger partial charge in [-0.3, -0.25) is 9.59 Å². The summed E-state index contributed by atoms with van der Waals surface area (Å²) in [5.41, 5.74) is 0. The molecular formula is C10H9NO4S. The third-order valence-electron chi connectivity index (χ3n) is 2.05. The Kier molecular flexibility index (Phi) is 2.84. The molecule has 1 aliphatic rings. The van der Waals surface area contributed by atoms with E-state index in [9.17, 15) is 9.59 Å². The molecule has 84 valence electrons. The van der Waals surface area contributed by atoms with E-state index in [2.05, 4.69) is 0 Å². The van der Waals surface area contributed by atoms with E-state index in [0.717, 1.165) is 22.4 Å². The van der Waals surface area contributed by atoms with Crippen LogP contribution in [0.1, 0.15) is 11.5 Å². The van der Waals surface area contributed by atoms with Gasteiger partial charge in [0, 0.05) is 6.08 Å². The molecule has 1 N–H and O–H groups in total. The number of carbonyl (C=O) groups is 2. The number of thioether (sulfide) groups is 1. The number of aryl methyl sites for hydroxylation is 1. The third kappa shape index (κ3) is 1.89. The van der Waals surface area contributed by atoms with Gasteiger partial charge in [-0.25, -0.2) is 4.90 Å². The summed E-state index contributed by atoms with van der Waals surface area (Å²) < 4.78 is 5.26. The lowest BCUT2D eigenvalue weighted by atomic mass is 10.3. The lowest BCUT2D eigenvalue weighted by Gasteiger charge is -2.05. The Bertz CT molecular complexity index is 477. The van der Waals surface area contributed by atoms with Gasteiger partial charge in [0.2, 0.25) is 0 Å². The first-order valence-electron chi connectivity index (χ1n) is 4.54. The Hall–Kier alpha value is -1.53. The van der Waals surface area contributed by atoms with Crippen LogP contribution in [-0.2, 0) is 4.79 Å². The highest BCUT2D eigenvalue weighted by atomic mass is 32.2. The highest BCUT2D eigenvalue weighted by Gasteiger charge is 2.34. The van der Waals surface area contributed by atoms with Crippen LogP contribution in [0.4, 0.5) is 4.79 Å². The fraction of sp³-hybridized carbons (Fsp3) is 0.200. The van der Waals surface area contributed by atoms with Gasteiger partial charge in [-0.15, -0.1) is 0 Å². The molecular weight excluding hydrogens is 230 g/mol. The lowest BCUT2D eigenvalue weighted by Crippen LogP contribution is -2.28. The molecule has 0 unspecified atom stereocenters. The fourth-order valence-corrected chi connectivity index (χ4v) is 2.09. The van der Waals surface area contributed by atoms with Crippen molar-refractivity contribution in [1.29, 1.82) is 0 Å². The summed E-state index contributed by atoms with van der Waals surface area (Å²) in [6.45, 7) is 1.19. The second-order valence-corrected chi connectivity index (χ2v) is 4.19. The van der Waals surface area contributed by atoms with Crippen molar-refractivity contribution in [2.24, 2.45) is 0 Å². The van der Waals surface area contributed by atoms with Crippen molar-refractivity contribution in [3.05, 3.63) is 28.6 Å². The molecule has 2 amide bonds. The maximum absolute atomic E-state index is 11.6. The molecule has 1 saturated heterocycles. The van der Waals surface area contributed by atoms with Gasteiger partial charge < -0.3 is 9.52 Å². The number of hydrogen-bond acceptors (Lipinski definition) is 5. The summed E-state index contributed by atoms with van der Waals surface area (Å²) in [6.07, 6.45) is 1.49. The number of rotatable bonds is 2. The Morgan fingerprint density at radius 3 is 2.75 bits per heavy atom. The van der Waals surface area contributed by atoms with Crippen LogP contribution in [0, 0.1) is 6.92 Å². The van der Waals surface area contributed by atoms with E-state index in [-0.39, 0.29) is 4.91 Å². The minimum atomic E-state index is -0.598. The molecule has 1 aliphatic heterocycles. The molecule has 0 aromatic carbocycles. The van der Waals surface area contributed by atoms with E-state index in [0.29, 0.717) is 5.76 Å². The number of imide groups is 1. The number of hydrogen-bond donors (Lipinski definition) is 1. The predicted molar refractivity (Wildman–Crippen MR) is 58.3 cm³/mol. The Labute approximate surface area is 95.7 Å². The molecule has 0 aliphatic carbocycles. The van der Waals surface area contributed by atoms with Crippen LogP contribution in [0.3, 0.4) is 0 Å². The molecule has 1 aromatic heterocycles. The number of aliphatic hydroxyl groups excluding tert-OH is 1. The molecule has 1 fully saturated rings. The summed E-state index contributed by atoms with van der Waals surface area (Å²) in [5.74, 6) is 0.750. The van der Waals surface area contributed by atoms with Crippen LogP contribution in [0.25, 0.3) is 6.08 Å². The van der Waals surface area contributed by atoms with Crippen LogP contribution in [0.2, 0.25) is 0 Å². The lowest BCUT2D eigenvalue weighted by molar-refractivity contribution is -0.125. The smallest absolute Gasteiger partial charge is 0.295 e. The summed E-state index contributed by atoms with van der Waals surface area (Å²) in [4.78, 5) is 23.9. The molecule has 2 heterocycles. The van der Waals surface area contributed by atoms with Crippen LogP contribution < -0.4 is 0 Å². The van der Waals surface area contributed by atoms with E-state index in [1.165, 1.54) is 6.08 Å². The van der Waals surface area contributed by atoms with E-state index in [1.54, 1.807) is 19.1 Å². The Morgan fingerprint density at radius 2 is 2.25 bits per heavy atom. The maximum Gasteiger partial charge on any atom is 0.295 e. The number of nitrogens with zero attached hydrogens (tertiary/aromatic N) is 1. The second kappa shape index (κ2) is 4.15. The van der Waals surface area contributed by atoms with Crippen molar-refractivity contribution in [3.8, 4) is 0 Å². The molecule has 0 spiro atoms. The first-order valence-corrected chi connectivity index (χ1v) is 5.36. The van der Waals surface area contributed by atoms with E-state index in [4.69, 9.17) is 9.52 Å². The largest absolute Gasteiger partial charge is 0.462 e. The molecule has 2 rings (SSSR count). The molecule has 16 heavy (non-hydrogen) atoms. The molecule has 0 atom stereocenters. The molecule has 0 radical (unpaired) electrons.